The first kappa shape index (κ1) is 19.7. The highest BCUT2D eigenvalue weighted by Gasteiger charge is 2.14. The Balaban J connectivity index is 1.67. The van der Waals surface area contributed by atoms with Crippen LogP contribution in [0.2, 0.25) is 5.02 Å². The van der Waals surface area contributed by atoms with Crippen molar-refractivity contribution >= 4 is 27.5 Å². The SMILES string of the molecule is Fc1cccc(Cl)c1COc1ccc(Br)cc1CNC1CCCCCC1. The first-order valence-corrected chi connectivity index (χ1v) is 10.4. The quantitative estimate of drug-likeness (QED) is 0.509. The highest BCUT2D eigenvalue weighted by atomic mass is 79.9. The van der Waals surface area contributed by atoms with Crippen molar-refractivity contribution in [3.05, 3.63) is 62.8 Å². The van der Waals surface area contributed by atoms with Gasteiger partial charge in [-0.1, -0.05) is 59.3 Å². The summed E-state index contributed by atoms with van der Waals surface area (Å²) in [4.78, 5) is 0. The highest BCUT2D eigenvalue weighted by molar-refractivity contribution is 9.10. The van der Waals surface area contributed by atoms with E-state index in [1.807, 2.05) is 12.1 Å². The van der Waals surface area contributed by atoms with Gasteiger partial charge in [0.05, 0.1) is 5.02 Å². The Hall–Kier alpha value is -1.10. The standard InChI is InChI=1S/C21H24BrClFNO/c22-16-10-11-21(26-14-18-19(23)8-5-9-20(18)24)15(12-16)13-25-17-6-3-1-2-4-7-17/h5,8-12,17,25H,1-4,6-7,13-14H2. The van der Waals surface area contributed by atoms with Crippen LogP contribution in [0.4, 0.5) is 4.39 Å². The van der Waals surface area contributed by atoms with Gasteiger partial charge in [0.2, 0.25) is 0 Å². The van der Waals surface area contributed by atoms with Crippen LogP contribution in [0.1, 0.15) is 49.7 Å². The zero-order valence-electron chi connectivity index (χ0n) is 14.7. The Morgan fingerprint density at radius 2 is 1.88 bits per heavy atom. The summed E-state index contributed by atoms with van der Waals surface area (Å²) in [5.74, 6) is 0.418. The van der Waals surface area contributed by atoms with E-state index in [4.69, 9.17) is 16.3 Å². The molecule has 3 rings (SSSR count). The minimum atomic E-state index is -0.340. The lowest BCUT2D eigenvalue weighted by Gasteiger charge is -2.18. The summed E-state index contributed by atoms with van der Waals surface area (Å²) in [5.41, 5.74) is 1.45. The van der Waals surface area contributed by atoms with Gasteiger partial charge in [-0.05, 0) is 43.2 Å². The van der Waals surface area contributed by atoms with Crippen LogP contribution in [0.15, 0.2) is 40.9 Å². The van der Waals surface area contributed by atoms with Crippen LogP contribution < -0.4 is 10.1 Å². The van der Waals surface area contributed by atoms with Gasteiger partial charge in [0.25, 0.3) is 0 Å². The molecule has 1 aliphatic rings. The second kappa shape index (κ2) is 9.72. The second-order valence-corrected chi connectivity index (χ2v) is 8.13. The van der Waals surface area contributed by atoms with E-state index in [0.717, 1.165) is 22.3 Å². The molecular weight excluding hydrogens is 417 g/mol. The van der Waals surface area contributed by atoms with Gasteiger partial charge < -0.3 is 10.1 Å². The second-order valence-electron chi connectivity index (χ2n) is 6.81. The summed E-state index contributed by atoms with van der Waals surface area (Å²) in [6, 6.07) is 11.2. The largest absolute Gasteiger partial charge is 0.488 e. The topological polar surface area (TPSA) is 21.3 Å². The molecule has 0 heterocycles. The molecule has 1 N–H and O–H groups in total. The zero-order chi connectivity index (χ0) is 18.4. The van der Waals surface area contributed by atoms with Gasteiger partial charge in [-0.2, -0.15) is 0 Å². The summed E-state index contributed by atoms with van der Waals surface area (Å²) in [5, 5.41) is 4.05. The average molecular weight is 441 g/mol. The van der Waals surface area contributed by atoms with Crippen molar-refractivity contribution in [3.8, 4) is 5.75 Å². The zero-order valence-corrected chi connectivity index (χ0v) is 17.1. The molecule has 0 unspecified atom stereocenters. The lowest BCUT2D eigenvalue weighted by atomic mass is 10.1. The van der Waals surface area contributed by atoms with Crippen LogP contribution in [0, 0.1) is 5.82 Å². The Morgan fingerprint density at radius 3 is 2.62 bits per heavy atom. The van der Waals surface area contributed by atoms with Crippen LogP contribution in [0.25, 0.3) is 0 Å². The predicted octanol–water partition coefficient (Wildman–Crippen LogP) is 6.63. The van der Waals surface area contributed by atoms with E-state index in [9.17, 15) is 4.39 Å². The average Bonchev–Trinajstić information content (AvgIpc) is 2.89. The summed E-state index contributed by atoms with van der Waals surface area (Å²) >= 11 is 9.63. The fourth-order valence-corrected chi connectivity index (χ4v) is 4.01. The van der Waals surface area contributed by atoms with Crippen LogP contribution in [0.5, 0.6) is 5.75 Å². The third-order valence-electron chi connectivity index (χ3n) is 4.89. The Kier molecular flexibility index (Phi) is 7.35. The van der Waals surface area contributed by atoms with Gasteiger partial charge in [0, 0.05) is 28.2 Å². The molecule has 1 aliphatic carbocycles. The molecule has 0 saturated heterocycles. The van der Waals surface area contributed by atoms with Gasteiger partial charge >= 0.3 is 0 Å². The predicted molar refractivity (Wildman–Crippen MR) is 108 cm³/mol. The molecule has 26 heavy (non-hydrogen) atoms. The number of benzene rings is 2. The normalized spacial score (nSPS) is 15.7. The molecule has 5 heteroatoms. The van der Waals surface area contributed by atoms with Crippen molar-refractivity contribution in [3.63, 3.8) is 0 Å². The van der Waals surface area contributed by atoms with Crippen LogP contribution in [-0.4, -0.2) is 6.04 Å². The van der Waals surface area contributed by atoms with Gasteiger partial charge in [0.1, 0.15) is 18.2 Å². The van der Waals surface area contributed by atoms with Crippen LogP contribution in [-0.2, 0) is 13.2 Å². The maximum absolute atomic E-state index is 14.0. The van der Waals surface area contributed by atoms with E-state index in [1.54, 1.807) is 12.1 Å². The third kappa shape index (κ3) is 5.45. The monoisotopic (exact) mass is 439 g/mol. The molecule has 1 saturated carbocycles. The molecule has 2 aromatic carbocycles. The van der Waals surface area contributed by atoms with Crippen molar-refractivity contribution in [2.75, 3.05) is 0 Å². The Labute approximate surface area is 168 Å². The molecule has 0 aliphatic heterocycles. The third-order valence-corrected chi connectivity index (χ3v) is 5.74. The maximum atomic E-state index is 14.0. The van der Waals surface area contributed by atoms with E-state index in [0.29, 0.717) is 16.6 Å². The van der Waals surface area contributed by atoms with Crippen molar-refractivity contribution in [2.24, 2.45) is 0 Å². The number of rotatable bonds is 6. The first-order valence-electron chi connectivity index (χ1n) is 9.21. The molecule has 0 spiro atoms. The Bertz CT molecular complexity index is 712. The molecule has 0 aromatic heterocycles. The van der Waals surface area contributed by atoms with Crippen molar-refractivity contribution in [1.82, 2.24) is 5.32 Å². The molecule has 0 amide bonds. The number of halogens is 3. The minimum absolute atomic E-state index is 0.115. The summed E-state index contributed by atoms with van der Waals surface area (Å²) in [6.45, 7) is 0.855. The van der Waals surface area contributed by atoms with E-state index in [2.05, 4.69) is 27.3 Å². The number of nitrogens with one attached hydrogen (secondary N) is 1. The summed E-state index contributed by atoms with van der Waals surface area (Å²) < 4.78 is 20.9. The molecule has 0 bridgehead atoms. The molecule has 140 valence electrons. The fraction of sp³-hybridized carbons (Fsp3) is 0.429. The molecule has 0 atom stereocenters. The lowest BCUT2D eigenvalue weighted by molar-refractivity contribution is 0.295. The maximum Gasteiger partial charge on any atom is 0.131 e. The van der Waals surface area contributed by atoms with E-state index >= 15 is 0 Å². The van der Waals surface area contributed by atoms with Crippen LogP contribution in [0.3, 0.4) is 0 Å². The molecule has 2 aromatic rings. The Morgan fingerprint density at radius 1 is 1.12 bits per heavy atom. The van der Waals surface area contributed by atoms with E-state index in [-0.39, 0.29) is 12.4 Å². The lowest BCUT2D eigenvalue weighted by Crippen LogP contribution is -2.28. The van der Waals surface area contributed by atoms with Gasteiger partial charge in [-0.25, -0.2) is 4.39 Å². The molecular formula is C21H24BrClFNO. The molecule has 1 fully saturated rings. The fourth-order valence-electron chi connectivity index (χ4n) is 3.38. The van der Waals surface area contributed by atoms with Crippen LogP contribution >= 0.6 is 27.5 Å². The van der Waals surface area contributed by atoms with Gasteiger partial charge in [0.15, 0.2) is 0 Å². The smallest absolute Gasteiger partial charge is 0.131 e. The van der Waals surface area contributed by atoms with E-state index < -0.39 is 0 Å². The van der Waals surface area contributed by atoms with Gasteiger partial charge in [-0.3, -0.25) is 0 Å². The first-order chi connectivity index (χ1) is 12.6. The van der Waals surface area contributed by atoms with Crippen molar-refractivity contribution in [1.29, 1.82) is 0 Å². The summed E-state index contributed by atoms with van der Waals surface area (Å²) in [7, 11) is 0. The van der Waals surface area contributed by atoms with Crippen molar-refractivity contribution in [2.45, 2.75) is 57.7 Å². The van der Waals surface area contributed by atoms with Gasteiger partial charge in [-0.15, -0.1) is 0 Å². The summed E-state index contributed by atoms with van der Waals surface area (Å²) in [6.07, 6.45) is 7.74. The number of hydrogen-bond acceptors (Lipinski definition) is 2. The highest BCUT2D eigenvalue weighted by Crippen LogP contribution is 2.27. The van der Waals surface area contributed by atoms with E-state index in [1.165, 1.54) is 44.6 Å². The van der Waals surface area contributed by atoms with Crippen molar-refractivity contribution < 1.29 is 9.13 Å². The number of ether oxygens (including phenoxy) is 1. The minimum Gasteiger partial charge on any atom is -0.488 e. The molecule has 2 nitrogen and oxygen atoms in total. The molecule has 0 radical (unpaired) electrons. The number of hydrogen-bond donors (Lipinski definition) is 1.